The van der Waals surface area contributed by atoms with E-state index in [9.17, 15) is 13.2 Å². The molecule has 1 heterocycles. The summed E-state index contributed by atoms with van der Waals surface area (Å²) in [5.74, 6) is 0.756. The van der Waals surface area contributed by atoms with Gasteiger partial charge in [0, 0.05) is 24.7 Å². The van der Waals surface area contributed by atoms with Gasteiger partial charge in [-0.25, -0.2) is 0 Å². The van der Waals surface area contributed by atoms with Crippen molar-refractivity contribution in [2.45, 2.75) is 25.4 Å². The number of methoxy groups -OCH3 is 1. The number of benzene rings is 1. The van der Waals surface area contributed by atoms with E-state index in [-0.39, 0.29) is 5.75 Å². The summed E-state index contributed by atoms with van der Waals surface area (Å²) in [4.78, 5) is 2.26. The second-order valence-corrected chi connectivity index (χ2v) is 5.29. The monoisotopic (exact) mass is 307 g/mol. The van der Waals surface area contributed by atoms with E-state index in [2.05, 4.69) is 11.8 Å². The van der Waals surface area contributed by atoms with Gasteiger partial charge >= 0.3 is 5.51 Å². The number of rotatable bonds is 4. The number of alkyl halides is 3. The van der Waals surface area contributed by atoms with Gasteiger partial charge in [0.25, 0.3) is 0 Å². The number of halogens is 3. The van der Waals surface area contributed by atoms with Crippen LogP contribution in [0, 0.1) is 0 Å². The van der Waals surface area contributed by atoms with E-state index < -0.39 is 17.6 Å². The number of hydrogen-bond donors (Lipinski definition) is 0. The first kappa shape index (κ1) is 15.3. The molecule has 0 fully saturated rings. The van der Waals surface area contributed by atoms with Gasteiger partial charge in [-0.1, -0.05) is 6.92 Å². The van der Waals surface area contributed by atoms with Crippen LogP contribution in [0.4, 0.5) is 13.2 Å². The third-order valence-corrected chi connectivity index (χ3v) is 3.72. The largest absolute Gasteiger partial charge is 0.496 e. The minimum atomic E-state index is -4.41. The van der Waals surface area contributed by atoms with Crippen molar-refractivity contribution in [3.05, 3.63) is 23.3 Å². The van der Waals surface area contributed by atoms with Gasteiger partial charge in [-0.05, 0) is 24.6 Å². The van der Waals surface area contributed by atoms with Gasteiger partial charge in [0.15, 0.2) is 12.0 Å². The minimum Gasteiger partial charge on any atom is -0.496 e. The highest BCUT2D eigenvalue weighted by Crippen LogP contribution is 2.37. The normalized spacial score (nSPS) is 15.8. The Balaban J connectivity index is 2.22. The molecule has 2 rings (SSSR count). The Bertz CT molecular complexity index is 462. The second-order valence-electron chi connectivity index (χ2n) is 4.49. The first-order valence-electron chi connectivity index (χ1n) is 6.27. The van der Waals surface area contributed by atoms with Crippen molar-refractivity contribution in [1.82, 2.24) is 4.90 Å². The van der Waals surface area contributed by atoms with Crippen LogP contribution in [0.3, 0.4) is 0 Å². The molecule has 0 saturated carbocycles. The molecule has 1 aromatic carbocycles. The Labute approximate surface area is 120 Å². The lowest BCUT2D eigenvalue weighted by Gasteiger charge is -2.29. The lowest BCUT2D eigenvalue weighted by molar-refractivity contribution is -0.0369. The van der Waals surface area contributed by atoms with Crippen molar-refractivity contribution in [2.24, 2.45) is 0 Å². The smallest absolute Gasteiger partial charge is 0.479 e. The molecule has 20 heavy (non-hydrogen) atoms. The molecule has 0 unspecified atom stereocenters. The topological polar surface area (TPSA) is 21.7 Å². The van der Waals surface area contributed by atoms with Gasteiger partial charge in [-0.3, -0.25) is 4.90 Å². The molecule has 0 saturated heterocycles. The van der Waals surface area contributed by atoms with Gasteiger partial charge in [-0.2, -0.15) is 13.2 Å². The number of likely N-dealkylation sites (N-methyl/N-ethyl adjacent to an activating group) is 1. The van der Waals surface area contributed by atoms with Crippen LogP contribution < -0.4 is 8.92 Å². The average Bonchev–Trinajstić information content (AvgIpc) is 2.42. The molecule has 0 aliphatic carbocycles. The molecule has 0 bridgehead atoms. The molecule has 1 aromatic rings. The Morgan fingerprint density at radius 1 is 1.35 bits per heavy atom. The second kappa shape index (κ2) is 6.13. The first-order valence-corrected chi connectivity index (χ1v) is 7.01. The first-order chi connectivity index (χ1) is 9.43. The highest BCUT2D eigenvalue weighted by Gasteiger charge is 2.32. The average molecular weight is 307 g/mol. The fraction of sp³-hybridized carbons (Fsp3) is 0.538. The fourth-order valence-electron chi connectivity index (χ4n) is 2.25. The maximum Gasteiger partial charge on any atom is 0.479 e. The van der Waals surface area contributed by atoms with Crippen molar-refractivity contribution in [3.63, 3.8) is 0 Å². The third-order valence-electron chi connectivity index (χ3n) is 3.25. The number of hydrogen-bond acceptors (Lipinski definition) is 4. The van der Waals surface area contributed by atoms with Crippen LogP contribution in [-0.4, -0.2) is 30.6 Å². The molecule has 1 aliphatic heterocycles. The fourth-order valence-corrected chi connectivity index (χ4v) is 2.54. The van der Waals surface area contributed by atoms with Crippen molar-refractivity contribution in [2.75, 3.05) is 20.2 Å². The Morgan fingerprint density at radius 2 is 2.10 bits per heavy atom. The third kappa shape index (κ3) is 3.73. The lowest BCUT2D eigenvalue weighted by Crippen LogP contribution is -2.30. The molecule has 112 valence electrons. The zero-order valence-electron chi connectivity index (χ0n) is 11.3. The van der Waals surface area contributed by atoms with Crippen molar-refractivity contribution < 1.29 is 22.1 Å². The van der Waals surface area contributed by atoms with Gasteiger partial charge in [0.05, 0.1) is 7.11 Å². The molecule has 0 radical (unpaired) electrons. The molecule has 3 nitrogen and oxygen atoms in total. The predicted molar refractivity (Wildman–Crippen MR) is 71.9 cm³/mol. The van der Waals surface area contributed by atoms with Gasteiger partial charge in [0.1, 0.15) is 11.5 Å². The molecule has 0 spiro atoms. The Kier molecular flexibility index (Phi) is 4.70. The van der Waals surface area contributed by atoms with Gasteiger partial charge in [-0.15, -0.1) is 0 Å². The minimum absolute atomic E-state index is 0.174. The van der Waals surface area contributed by atoms with Crippen LogP contribution in [0.1, 0.15) is 18.1 Å². The molecular formula is C13H16F3NO2S. The highest BCUT2D eigenvalue weighted by atomic mass is 32.2. The number of fused-ring (bicyclic) bond motifs is 1. The van der Waals surface area contributed by atoms with E-state index in [0.29, 0.717) is 5.75 Å². The van der Waals surface area contributed by atoms with Crippen LogP contribution >= 0.6 is 12.0 Å². The predicted octanol–water partition coefficient (Wildman–Crippen LogP) is 3.62. The van der Waals surface area contributed by atoms with Crippen LogP contribution in [0.5, 0.6) is 11.5 Å². The molecule has 0 atom stereocenters. The number of nitrogens with zero attached hydrogens (tertiary/aromatic N) is 1. The molecule has 0 N–H and O–H groups in total. The lowest BCUT2D eigenvalue weighted by atomic mass is 9.98. The van der Waals surface area contributed by atoms with Crippen LogP contribution in [-0.2, 0) is 13.0 Å². The van der Waals surface area contributed by atoms with Crippen molar-refractivity contribution >= 4 is 12.0 Å². The molecule has 1 aliphatic rings. The van der Waals surface area contributed by atoms with Gasteiger partial charge in [0.2, 0.25) is 0 Å². The molecule has 7 heteroatoms. The van der Waals surface area contributed by atoms with Gasteiger partial charge < -0.3 is 8.92 Å². The zero-order chi connectivity index (χ0) is 14.8. The standard InChI is InChI=1S/C13H16F3NO2S/c1-3-17-5-4-9-6-10(19-20-13(14,15)16)7-12(18-2)11(9)8-17/h6-7H,3-5,8H2,1-2H3. The van der Waals surface area contributed by atoms with Crippen LogP contribution in [0.2, 0.25) is 0 Å². The SMILES string of the molecule is CCN1CCc2cc(OSC(F)(F)F)cc(OC)c2C1. The maximum atomic E-state index is 12.2. The Morgan fingerprint density at radius 3 is 2.70 bits per heavy atom. The summed E-state index contributed by atoms with van der Waals surface area (Å²) < 4.78 is 46.5. The quantitative estimate of drug-likeness (QED) is 0.792. The summed E-state index contributed by atoms with van der Waals surface area (Å²) >= 11 is -0.504. The maximum absolute atomic E-state index is 12.2. The highest BCUT2D eigenvalue weighted by molar-refractivity contribution is 7.95. The van der Waals surface area contributed by atoms with Crippen LogP contribution in [0.25, 0.3) is 0 Å². The van der Waals surface area contributed by atoms with Crippen molar-refractivity contribution in [1.29, 1.82) is 0 Å². The summed E-state index contributed by atoms with van der Waals surface area (Å²) in [6.45, 7) is 4.66. The summed E-state index contributed by atoms with van der Waals surface area (Å²) in [7, 11) is 1.52. The molecular weight excluding hydrogens is 291 g/mol. The summed E-state index contributed by atoms with van der Waals surface area (Å²) in [5, 5.41) is 0. The van der Waals surface area contributed by atoms with Crippen molar-refractivity contribution in [3.8, 4) is 11.5 Å². The van der Waals surface area contributed by atoms with Crippen LogP contribution in [0.15, 0.2) is 12.1 Å². The zero-order valence-corrected chi connectivity index (χ0v) is 12.1. The van der Waals surface area contributed by atoms with E-state index in [1.807, 2.05) is 0 Å². The van der Waals surface area contributed by atoms with E-state index in [4.69, 9.17) is 8.92 Å². The van der Waals surface area contributed by atoms with E-state index in [1.54, 1.807) is 6.07 Å². The van der Waals surface area contributed by atoms with E-state index in [1.165, 1.54) is 13.2 Å². The molecule has 0 amide bonds. The summed E-state index contributed by atoms with van der Waals surface area (Å²) in [6, 6.07) is 3.18. The van der Waals surface area contributed by atoms with E-state index >= 15 is 0 Å². The summed E-state index contributed by atoms with van der Waals surface area (Å²) in [6.07, 6.45) is 0.785. The summed E-state index contributed by atoms with van der Waals surface area (Å²) in [5.41, 5.74) is -2.39. The van der Waals surface area contributed by atoms with E-state index in [0.717, 1.165) is 37.2 Å². The number of ether oxygens (including phenoxy) is 1. The molecule has 0 aromatic heterocycles. The Hall–Kier alpha value is -1.08.